The van der Waals surface area contributed by atoms with Crippen molar-refractivity contribution in [3.05, 3.63) is 58.7 Å². The number of benzene rings is 2. The first kappa shape index (κ1) is 15.2. The second-order valence-corrected chi connectivity index (χ2v) is 5.75. The molecular weight excluding hydrogens is 288 g/mol. The van der Waals surface area contributed by atoms with Crippen LogP contribution in [0.3, 0.4) is 0 Å². The van der Waals surface area contributed by atoms with E-state index in [0.29, 0.717) is 12.4 Å². The Bertz CT molecular complexity index is 816. The maximum absolute atomic E-state index is 5.24. The quantitative estimate of drug-likeness (QED) is 0.742. The number of hydrogen-bond donors (Lipinski definition) is 0. The maximum Gasteiger partial charge on any atom is 0.205 e. The first-order chi connectivity index (χ1) is 11.1. The Morgan fingerprint density at radius 1 is 1.04 bits per heavy atom. The molecule has 0 aliphatic rings. The van der Waals surface area contributed by atoms with Crippen LogP contribution in [-0.4, -0.2) is 27.3 Å². The first-order valence-corrected chi connectivity index (χ1v) is 7.56. The largest absolute Gasteiger partial charge is 0.497 e. The van der Waals surface area contributed by atoms with Crippen LogP contribution in [0.2, 0.25) is 0 Å². The summed E-state index contributed by atoms with van der Waals surface area (Å²) in [5.41, 5.74) is 5.91. The SMILES string of the molecule is COc1cccc(-c2nnn(Cc3c(C)cc(C)cc3C)n2)c1. The molecule has 0 N–H and O–H groups in total. The van der Waals surface area contributed by atoms with Crippen molar-refractivity contribution in [1.82, 2.24) is 20.2 Å². The van der Waals surface area contributed by atoms with Crippen molar-refractivity contribution in [3.8, 4) is 17.1 Å². The fourth-order valence-electron chi connectivity index (χ4n) is 2.79. The molecule has 0 saturated carbocycles. The molecule has 0 aliphatic heterocycles. The lowest BCUT2D eigenvalue weighted by Crippen LogP contribution is -2.07. The van der Waals surface area contributed by atoms with Gasteiger partial charge in [0.25, 0.3) is 0 Å². The number of hydrogen-bond acceptors (Lipinski definition) is 4. The van der Waals surface area contributed by atoms with Crippen LogP contribution in [-0.2, 0) is 6.54 Å². The van der Waals surface area contributed by atoms with Gasteiger partial charge in [0.05, 0.1) is 13.7 Å². The molecule has 0 radical (unpaired) electrons. The minimum atomic E-state index is 0.603. The van der Waals surface area contributed by atoms with E-state index < -0.39 is 0 Å². The number of rotatable bonds is 4. The highest BCUT2D eigenvalue weighted by Crippen LogP contribution is 2.21. The molecule has 0 spiro atoms. The first-order valence-electron chi connectivity index (χ1n) is 7.56. The Labute approximate surface area is 135 Å². The summed E-state index contributed by atoms with van der Waals surface area (Å²) in [5, 5.41) is 12.8. The van der Waals surface area contributed by atoms with Crippen molar-refractivity contribution < 1.29 is 4.74 Å². The minimum absolute atomic E-state index is 0.603. The second-order valence-electron chi connectivity index (χ2n) is 5.75. The minimum Gasteiger partial charge on any atom is -0.497 e. The van der Waals surface area contributed by atoms with Crippen LogP contribution in [0.25, 0.3) is 11.4 Å². The molecule has 0 saturated heterocycles. The summed E-state index contributed by atoms with van der Waals surface area (Å²) in [7, 11) is 1.65. The van der Waals surface area contributed by atoms with Gasteiger partial charge in [-0.1, -0.05) is 29.8 Å². The van der Waals surface area contributed by atoms with E-state index in [1.165, 1.54) is 22.3 Å². The number of nitrogens with zero attached hydrogens (tertiary/aromatic N) is 4. The van der Waals surface area contributed by atoms with Crippen LogP contribution < -0.4 is 4.74 Å². The van der Waals surface area contributed by atoms with Crippen LogP contribution in [0.15, 0.2) is 36.4 Å². The molecule has 5 nitrogen and oxygen atoms in total. The third-order valence-electron chi connectivity index (χ3n) is 3.92. The van der Waals surface area contributed by atoms with Gasteiger partial charge >= 0.3 is 0 Å². The molecule has 0 amide bonds. The molecule has 3 rings (SSSR count). The van der Waals surface area contributed by atoms with Crippen molar-refractivity contribution in [2.24, 2.45) is 0 Å². The Morgan fingerprint density at radius 3 is 2.48 bits per heavy atom. The molecular formula is C18H20N4O. The summed E-state index contributed by atoms with van der Waals surface area (Å²) in [5.74, 6) is 1.38. The molecule has 0 atom stereocenters. The second kappa shape index (κ2) is 6.20. The summed E-state index contributed by atoms with van der Waals surface area (Å²) in [4.78, 5) is 1.64. The lowest BCUT2D eigenvalue weighted by atomic mass is 10.00. The molecule has 1 heterocycles. The van der Waals surface area contributed by atoms with Crippen molar-refractivity contribution in [2.75, 3.05) is 7.11 Å². The van der Waals surface area contributed by atoms with Crippen LogP contribution >= 0.6 is 0 Å². The molecule has 0 fully saturated rings. The van der Waals surface area contributed by atoms with E-state index >= 15 is 0 Å². The highest BCUT2D eigenvalue weighted by Gasteiger charge is 2.10. The van der Waals surface area contributed by atoms with Gasteiger partial charge in [-0.05, 0) is 54.8 Å². The summed E-state index contributed by atoms with van der Waals surface area (Å²) in [6.07, 6.45) is 0. The van der Waals surface area contributed by atoms with E-state index in [2.05, 4.69) is 48.3 Å². The molecule has 0 unspecified atom stereocenters. The fraction of sp³-hybridized carbons (Fsp3) is 0.278. The monoisotopic (exact) mass is 308 g/mol. The maximum atomic E-state index is 5.24. The van der Waals surface area contributed by atoms with Crippen LogP contribution in [0.5, 0.6) is 5.75 Å². The molecule has 1 aromatic heterocycles. The van der Waals surface area contributed by atoms with Gasteiger partial charge in [-0.25, -0.2) is 0 Å². The summed E-state index contributed by atoms with van der Waals surface area (Å²) in [6.45, 7) is 6.97. The zero-order chi connectivity index (χ0) is 16.4. The molecule has 118 valence electrons. The summed E-state index contributed by atoms with van der Waals surface area (Å²) >= 11 is 0. The van der Waals surface area contributed by atoms with Crippen molar-refractivity contribution in [1.29, 1.82) is 0 Å². The average Bonchev–Trinajstić information content (AvgIpc) is 2.99. The number of aryl methyl sites for hydroxylation is 3. The molecule has 0 aliphatic carbocycles. The van der Waals surface area contributed by atoms with E-state index in [-0.39, 0.29) is 0 Å². The fourth-order valence-corrected chi connectivity index (χ4v) is 2.79. The van der Waals surface area contributed by atoms with Crippen molar-refractivity contribution in [2.45, 2.75) is 27.3 Å². The number of methoxy groups -OCH3 is 1. The Kier molecular flexibility index (Phi) is 4.10. The standard InChI is InChI=1S/C18H20N4O/c1-12-8-13(2)17(14(3)9-12)11-22-20-18(19-21-22)15-6-5-7-16(10-15)23-4/h5-10H,11H2,1-4H3. The third-order valence-corrected chi connectivity index (χ3v) is 3.92. The molecule has 23 heavy (non-hydrogen) atoms. The highest BCUT2D eigenvalue weighted by molar-refractivity contribution is 5.56. The van der Waals surface area contributed by atoms with Gasteiger partial charge in [-0.15, -0.1) is 10.2 Å². The van der Waals surface area contributed by atoms with Gasteiger partial charge in [0.15, 0.2) is 0 Å². The van der Waals surface area contributed by atoms with Gasteiger partial charge in [0.2, 0.25) is 5.82 Å². The van der Waals surface area contributed by atoms with Crippen LogP contribution in [0.4, 0.5) is 0 Å². The van der Waals surface area contributed by atoms with Crippen LogP contribution in [0, 0.1) is 20.8 Å². The Balaban J connectivity index is 1.88. The molecule has 0 bridgehead atoms. The van der Waals surface area contributed by atoms with Gasteiger partial charge in [0.1, 0.15) is 5.75 Å². The number of tetrazole rings is 1. The summed E-state index contributed by atoms with van der Waals surface area (Å²) < 4.78 is 5.24. The van der Waals surface area contributed by atoms with Gasteiger partial charge in [-0.3, -0.25) is 0 Å². The lowest BCUT2D eigenvalue weighted by Gasteiger charge is -2.10. The van der Waals surface area contributed by atoms with Crippen LogP contribution in [0.1, 0.15) is 22.3 Å². The topological polar surface area (TPSA) is 52.8 Å². The lowest BCUT2D eigenvalue weighted by molar-refractivity contribution is 0.415. The normalized spacial score (nSPS) is 10.8. The number of ether oxygens (including phenoxy) is 1. The van der Waals surface area contributed by atoms with E-state index in [9.17, 15) is 0 Å². The molecule has 5 heteroatoms. The van der Waals surface area contributed by atoms with E-state index in [0.717, 1.165) is 11.3 Å². The predicted molar refractivity (Wildman–Crippen MR) is 89.6 cm³/mol. The number of aromatic nitrogens is 4. The van der Waals surface area contributed by atoms with E-state index in [1.807, 2.05) is 24.3 Å². The smallest absolute Gasteiger partial charge is 0.205 e. The van der Waals surface area contributed by atoms with E-state index in [4.69, 9.17) is 4.74 Å². The van der Waals surface area contributed by atoms with Crippen molar-refractivity contribution in [3.63, 3.8) is 0 Å². The van der Waals surface area contributed by atoms with Gasteiger partial charge in [-0.2, -0.15) is 4.80 Å². The molecule has 3 aromatic rings. The average molecular weight is 308 g/mol. The van der Waals surface area contributed by atoms with Gasteiger partial charge in [0, 0.05) is 5.56 Å². The van der Waals surface area contributed by atoms with E-state index in [1.54, 1.807) is 11.9 Å². The highest BCUT2D eigenvalue weighted by atomic mass is 16.5. The summed E-state index contributed by atoms with van der Waals surface area (Å²) in [6, 6.07) is 12.0. The molecule has 2 aromatic carbocycles. The third kappa shape index (κ3) is 3.23. The predicted octanol–water partition coefficient (Wildman–Crippen LogP) is 3.32. The Hall–Kier alpha value is -2.69. The zero-order valence-corrected chi connectivity index (χ0v) is 13.9. The Morgan fingerprint density at radius 2 is 1.78 bits per heavy atom. The zero-order valence-electron chi connectivity index (χ0n) is 13.9. The van der Waals surface area contributed by atoms with Crippen molar-refractivity contribution >= 4 is 0 Å². The van der Waals surface area contributed by atoms with Gasteiger partial charge < -0.3 is 4.74 Å².